The number of carbonyl (C=O) groups is 2. The summed E-state index contributed by atoms with van der Waals surface area (Å²) in [5.74, 6) is -1.33. The molecular weight excluding hydrogens is 354 g/mol. The van der Waals surface area contributed by atoms with E-state index in [0.29, 0.717) is 17.7 Å². The van der Waals surface area contributed by atoms with Gasteiger partial charge in [-0.15, -0.1) is 0 Å². The van der Waals surface area contributed by atoms with Crippen molar-refractivity contribution in [1.82, 2.24) is 0 Å². The van der Waals surface area contributed by atoms with Gasteiger partial charge in [0.1, 0.15) is 0 Å². The van der Waals surface area contributed by atoms with Crippen LogP contribution in [0.2, 0.25) is 0 Å². The van der Waals surface area contributed by atoms with Crippen LogP contribution in [0.15, 0.2) is 84.9 Å². The molecule has 0 bridgehead atoms. The molecule has 0 unspecified atom stereocenters. The lowest BCUT2D eigenvalue weighted by Crippen LogP contribution is -2.24. The third-order valence-electron chi connectivity index (χ3n) is 4.21. The van der Waals surface area contributed by atoms with Gasteiger partial charge in [0.05, 0.1) is 0 Å². The summed E-state index contributed by atoms with van der Waals surface area (Å²) >= 11 is 0. The van der Waals surface area contributed by atoms with Crippen molar-refractivity contribution < 1.29 is 19.4 Å². The zero-order valence-corrected chi connectivity index (χ0v) is 15.2. The molecule has 3 rings (SSSR count). The molecule has 0 aliphatic carbocycles. The number of carbonyl (C=O) groups excluding carboxylic acids is 2. The summed E-state index contributed by atoms with van der Waals surface area (Å²) in [5, 5.41) is 12.8. The molecule has 0 radical (unpaired) electrons. The van der Waals surface area contributed by atoms with Gasteiger partial charge in [0, 0.05) is 5.69 Å². The lowest BCUT2D eigenvalue weighted by Gasteiger charge is -2.13. The Bertz CT molecular complexity index is 926. The number of rotatable bonds is 7. The topological polar surface area (TPSA) is 75.6 Å². The number of aliphatic hydroxyl groups excluding tert-OH is 1. The van der Waals surface area contributed by atoms with Gasteiger partial charge in [-0.3, -0.25) is 4.79 Å². The maximum absolute atomic E-state index is 12.2. The van der Waals surface area contributed by atoms with Crippen molar-refractivity contribution in [3.05, 3.63) is 102 Å². The second-order valence-electron chi connectivity index (χ2n) is 6.29. The molecular formula is C23H21NO4. The first-order valence-electron chi connectivity index (χ1n) is 8.95. The molecule has 0 aliphatic heterocycles. The van der Waals surface area contributed by atoms with Crippen molar-refractivity contribution in [3.8, 4) is 0 Å². The van der Waals surface area contributed by atoms with Gasteiger partial charge >= 0.3 is 5.97 Å². The Kier molecular flexibility index (Phi) is 6.54. The third-order valence-corrected chi connectivity index (χ3v) is 4.21. The minimum absolute atomic E-state index is 0.418. The summed E-state index contributed by atoms with van der Waals surface area (Å²) in [4.78, 5) is 24.2. The van der Waals surface area contributed by atoms with E-state index in [0.717, 1.165) is 11.1 Å². The molecule has 0 saturated carbocycles. The van der Waals surface area contributed by atoms with E-state index < -0.39 is 24.6 Å². The van der Waals surface area contributed by atoms with Gasteiger partial charge in [0.25, 0.3) is 5.91 Å². The Morgan fingerprint density at radius 1 is 0.857 bits per heavy atom. The molecule has 3 aromatic rings. The van der Waals surface area contributed by atoms with Crippen LogP contribution in [0, 0.1) is 0 Å². The number of amides is 1. The lowest BCUT2D eigenvalue weighted by molar-refractivity contribution is -0.156. The maximum Gasteiger partial charge on any atom is 0.340 e. The first kappa shape index (κ1) is 19.3. The van der Waals surface area contributed by atoms with Crippen LogP contribution in [-0.2, 0) is 20.7 Å². The van der Waals surface area contributed by atoms with Crippen LogP contribution in [-0.4, -0.2) is 23.6 Å². The van der Waals surface area contributed by atoms with Gasteiger partial charge in [-0.25, -0.2) is 4.79 Å². The summed E-state index contributed by atoms with van der Waals surface area (Å²) in [6.07, 6.45) is -0.747. The fourth-order valence-electron chi connectivity index (χ4n) is 2.79. The van der Waals surface area contributed by atoms with Crippen molar-refractivity contribution in [3.63, 3.8) is 0 Å². The quantitative estimate of drug-likeness (QED) is 0.620. The lowest BCUT2D eigenvalue weighted by atomic mass is 10.0. The summed E-state index contributed by atoms with van der Waals surface area (Å²) < 4.78 is 4.95. The number of esters is 1. The number of anilines is 1. The highest BCUT2D eigenvalue weighted by atomic mass is 16.5. The van der Waals surface area contributed by atoms with E-state index in [2.05, 4.69) is 5.32 Å². The molecule has 3 aromatic carbocycles. The van der Waals surface area contributed by atoms with E-state index in [1.54, 1.807) is 36.4 Å². The Hall–Kier alpha value is -3.44. The van der Waals surface area contributed by atoms with Crippen molar-refractivity contribution in [2.24, 2.45) is 0 Å². The van der Waals surface area contributed by atoms with Crippen LogP contribution in [0.5, 0.6) is 0 Å². The van der Waals surface area contributed by atoms with Crippen LogP contribution in [0.4, 0.5) is 5.69 Å². The van der Waals surface area contributed by atoms with Gasteiger partial charge in [0.15, 0.2) is 12.7 Å². The van der Waals surface area contributed by atoms with Gasteiger partial charge in [-0.05, 0) is 29.2 Å². The van der Waals surface area contributed by atoms with Crippen LogP contribution < -0.4 is 5.32 Å². The molecule has 5 heteroatoms. The van der Waals surface area contributed by atoms with E-state index in [4.69, 9.17) is 4.74 Å². The summed E-state index contributed by atoms with van der Waals surface area (Å²) in [6, 6.07) is 25.8. The summed E-state index contributed by atoms with van der Waals surface area (Å²) in [5.41, 5.74) is 3.16. The van der Waals surface area contributed by atoms with Crippen molar-refractivity contribution in [2.75, 3.05) is 11.9 Å². The molecule has 0 fully saturated rings. The van der Waals surface area contributed by atoms with Crippen LogP contribution in [0.3, 0.4) is 0 Å². The Balaban J connectivity index is 1.57. The third kappa shape index (κ3) is 5.28. The fraction of sp³-hybridized carbons (Fsp3) is 0.130. The molecule has 0 aliphatic rings. The number of aliphatic hydroxyl groups is 1. The second-order valence-corrected chi connectivity index (χ2v) is 6.29. The van der Waals surface area contributed by atoms with E-state index in [1.165, 1.54) is 0 Å². The molecule has 1 amide bonds. The standard InChI is InChI=1S/C23H21NO4/c25-21(16-28-23(27)22(26)18-11-5-2-6-12-18)24-20-14-8-7-13-19(20)15-17-9-3-1-4-10-17/h1-14,22,26H,15-16H2,(H,24,25)/t22-/m1/s1. The van der Waals surface area contributed by atoms with E-state index in [9.17, 15) is 14.7 Å². The Morgan fingerprint density at radius 3 is 2.18 bits per heavy atom. The smallest absolute Gasteiger partial charge is 0.340 e. The monoisotopic (exact) mass is 375 g/mol. The minimum atomic E-state index is -1.42. The predicted octanol–water partition coefficient (Wildman–Crippen LogP) is 3.49. The molecule has 5 nitrogen and oxygen atoms in total. The average Bonchev–Trinajstić information content (AvgIpc) is 2.74. The highest BCUT2D eigenvalue weighted by Gasteiger charge is 2.20. The van der Waals surface area contributed by atoms with E-state index >= 15 is 0 Å². The largest absolute Gasteiger partial charge is 0.453 e. The van der Waals surface area contributed by atoms with Crippen molar-refractivity contribution in [1.29, 1.82) is 0 Å². The van der Waals surface area contributed by atoms with Gasteiger partial charge in [-0.1, -0.05) is 78.9 Å². The van der Waals surface area contributed by atoms with Gasteiger partial charge in [-0.2, -0.15) is 0 Å². The van der Waals surface area contributed by atoms with Crippen molar-refractivity contribution in [2.45, 2.75) is 12.5 Å². The maximum atomic E-state index is 12.2. The van der Waals surface area contributed by atoms with E-state index in [-0.39, 0.29) is 0 Å². The van der Waals surface area contributed by atoms with Gasteiger partial charge in [0.2, 0.25) is 0 Å². The number of hydrogen-bond donors (Lipinski definition) is 2. The van der Waals surface area contributed by atoms with Crippen LogP contribution in [0.25, 0.3) is 0 Å². The highest BCUT2D eigenvalue weighted by molar-refractivity contribution is 5.93. The fourth-order valence-corrected chi connectivity index (χ4v) is 2.79. The number of benzene rings is 3. The molecule has 28 heavy (non-hydrogen) atoms. The number of nitrogens with one attached hydrogen (secondary N) is 1. The number of para-hydroxylation sites is 1. The van der Waals surface area contributed by atoms with Gasteiger partial charge < -0.3 is 15.2 Å². The molecule has 0 heterocycles. The predicted molar refractivity (Wildman–Crippen MR) is 107 cm³/mol. The van der Waals surface area contributed by atoms with Crippen molar-refractivity contribution >= 4 is 17.6 Å². The molecule has 1 atom stereocenters. The minimum Gasteiger partial charge on any atom is -0.453 e. The second kappa shape index (κ2) is 9.48. The van der Waals surface area contributed by atoms with Crippen LogP contribution >= 0.6 is 0 Å². The summed E-state index contributed by atoms with van der Waals surface area (Å²) in [7, 11) is 0. The molecule has 2 N–H and O–H groups in total. The Labute approximate surface area is 163 Å². The average molecular weight is 375 g/mol. The zero-order valence-electron chi connectivity index (χ0n) is 15.2. The van der Waals surface area contributed by atoms with Crippen LogP contribution in [0.1, 0.15) is 22.8 Å². The molecule has 0 saturated heterocycles. The number of ether oxygens (including phenoxy) is 1. The Morgan fingerprint density at radius 2 is 1.46 bits per heavy atom. The normalized spacial score (nSPS) is 11.5. The molecule has 0 aromatic heterocycles. The first-order valence-corrected chi connectivity index (χ1v) is 8.95. The molecule has 0 spiro atoms. The SMILES string of the molecule is O=C(COC(=O)[C@H](O)c1ccccc1)Nc1ccccc1Cc1ccccc1. The zero-order chi connectivity index (χ0) is 19.8. The highest BCUT2D eigenvalue weighted by Crippen LogP contribution is 2.19. The summed E-state index contributed by atoms with van der Waals surface area (Å²) in [6.45, 7) is -0.470. The number of hydrogen-bond acceptors (Lipinski definition) is 4. The molecule has 142 valence electrons. The first-order chi connectivity index (χ1) is 13.6. The van der Waals surface area contributed by atoms with E-state index in [1.807, 2.05) is 48.5 Å².